The highest BCUT2D eigenvalue weighted by Gasteiger charge is 2.18. The second kappa shape index (κ2) is 5.94. The number of H-pyrrole nitrogens is 1. The second-order valence-electron chi connectivity index (χ2n) is 4.06. The number of halogens is 1. The van der Waals surface area contributed by atoms with Gasteiger partial charge in [0.25, 0.3) is 0 Å². The number of carboxylic acid groups (broad SMARTS) is 1. The maximum atomic E-state index is 13.6. The number of hydrogen-bond acceptors (Lipinski definition) is 5. The second-order valence-corrected chi connectivity index (χ2v) is 4.06. The Morgan fingerprint density at radius 2 is 2.19 bits per heavy atom. The lowest BCUT2D eigenvalue weighted by atomic mass is 10.1. The fourth-order valence-electron chi connectivity index (χ4n) is 1.59. The van der Waals surface area contributed by atoms with Gasteiger partial charge in [0.05, 0.1) is 17.3 Å². The first-order valence-corrected chi connectivity index (χ1v) is 5.81. The van der Waals surface area contributed by atoms with Gasteiger partial charge < -0.3 is 15.7 Å². The van der Waals surface area contributed by atoms with Crippen molar-refractivity contribution in [2.75, 3.05) is 5.32 Å². The molecule has 4 N–H and O–H groups in total. The van der Waals surface area contributed by atoms with Gasteiger partial charge in [-0.05, 0) is 19.1 Å². The number of hydrogen-bond donors (Lipinski definition) is 4. The third-order valence-corrected chi connectivity index (χ3v) is 2.58. The number of nitrogens with zero attached hydrogens (tertiary/aromatic N) is 3. The predicted octanol–water partition coefficient (Wildman–Crippen LogP) is 0.920. The Hall–Kier alpha value is -3.04. The van der Waals surface area contributed by atoms with Gasteiger partial charge in [0.2, 0.25) is 0 Å². The quantitative estimate of drug-likeness (QED) is 0.662. The van der Waals surface area contributed by atoms with Crippen LogP contribution in [-0.2, 0) is 0 Å². The van der Waals surface area contributed by atoms with Crippen LogP contribution in [0.15, 0.2) is 18.2 Å². The summed E-state index contributed by atoms with van der Waals surface area (Å²) in [5.41, 5.74) is -0.764. The number of aromatic nitrogens is 4. The molecule has 0 bridgehead atoms. The molecule has 1 unspecified atom stereocenters. The normalized spacial score (nSPS) is 11.7. The van der Waals surface area contributed by atoms with Gasteiger partial charge in [-0.15, -0.1) is 10.2 Å². The van der Waals surface area contributed by atoms with Crippen molar-refractivity contribution in [3.05, 3.63) is 35.4 Å². The first-order chi connectivity index (χ1) is 9.99. The van der Waals surface area contributed by atoms with Crippen LogP contribution in [-0.4, -0.2) is 37.7 Å². The van der Waals surface area contributed by atoms with Gasteiger partial charge in [0, 0.05) is 0 Å². The molecule has 1 aromatic carbocycles. The number of rotatable bonds is 4. The van der Waals surface area contributed by atoms with Crippen molar-refractivity contribution < 1.29 is 19.1 Å². The summed E-state index contributed by atoms with van der Waals surface area (Å²) in [4.78, 5) is 22.8. The monoisotopic (exact) mass is 294 g/mol. The summed E-state index contributed by atoms with van der Waals surface area (Å²) in [6.45, 7) is 1.59. The van der Waals surface area contributed by atoms with Crippen LogP contribution in [0.2, 0.25) is 0 Å². The molecule has 0 aliphatic carbocycles. The van der Waals surface area contributed by atoms with E-state index in [9.17, 15) is 14.0 Å². The zero-order valence-corrected chi connectivity index (χ0v) is 10.8. The minimum Gasteiger partial charge on any atom is -0.478 e. The van der Waals surface area contributed by atoms with Crippen LogP contribution in [0.5, 0.6) is 0 Å². The molecule has 0 fully saturated rings. The third kappa shape index (κ3) is 3.29. The van der Waals surface area contributed by atoms with Gasteiger partial charge in [-0.3, -0.25) is 0 Å². The molecular weight excluding hydrogens is 283 g/mol. The van der Waals surface area contributed by atoms with Crippen LogP contribution in [0.4, 0.5) is 14.9 Å². The van der Waals surface area contributed by atoms with Crippen LogP contribution in [0.3, 0.4) is 0 Å². The lowest BCUT2D eigenvalue weighted by molar-refractivity contribution is 0.0697. The largest absolute Gasteiger partial charge is 0.478 e. The average molecular weight is 294 g/mol. The van der Waals surface area contributed by atoms with E-state index in [1.807, 2.05) is 0 Å². The Labute approximate surface area is 117 Å². The Morgan fingerprint density at radius 3 is 2.81 bits per heavy atom. The smallest absolute Gasteiger partial charge is 0.337 e. The lowest BCUT2D eigenvalue weighted by Gasteiger charge is -2.13. The molecule has 2 rings (SSSR count). The van der Waals surface area contributed by atoms with Crippen molar-refractivity contribution >= 4 is 17.7 Å². The number of amides is 2. The summed E-state index contributed by atoms with van der Waals surface area (Å²) in [6, 6.07) is 2.08. The van der Waals surface area contributed by atoms with Crippen molar-refractivity contribution in [3.8, 4) is 0 Å². The molecule has 0 aliphatic heterocycles. The van der Waals surface area contributed by atoms with Gasteiger partial charge in [0.15, 0.2) is 5.82 Å². The molecule has 0 spiro atoms. The molecule has 1 atom stereocenters. The summed E-state index contributed by atoms with van der Waals surface area (Å²) in [5, 5.41) is 26.5. The highest BCUT2D eigenvalue weighted by Crippen LogP contribution is 2.20. The number of urea groups is 1. The number of nitrogens with one attached hydrogen (secondary N) is 3. The molecular formula is C11H11FN6O3. The van der Waals surface area contributed by atoms with Crippen LogP contribution < -0.4 is 10.6 Å². The zero-order valence-electron chi connectivity index (χ0n) is 10.8. The van der Waals surface area contributed by atoms with E-state index in [-0.39, 0.29) is 11.4 Å². The molecule has 0 saturated heterocycles. The van der Waals surface area contributed by atoms with Crippen molar-refractivity contribution in [2.24, 2.45) is 0 Å². The summed E-state index contributed by atoms with van der Waals surface area (Å²) in [6.07, 6.45) is 0. The first kappa shape index (κ1) is 14.4. The molecule has 21 heavy (non-hydrogen) atoms. The molecule has 10 heteroatoms. The highest BCUT2D eigenvalue weighted by molar-refractivity contribution is 6.00. The fourth-order valence-corrected chi connectivity index (χ4v) is 1.59. The van der Waals surface area contributed by atoms with Gasteiger partial charge in [-0.25, -0.2) is 14.0 Å². The zero-order chi connectivity index (χ0) is 15.4. The number of para-hydroxylation sites is 1. The lowest BCUT2D eigenvalue weighted by Crippen LogP contribution is -2.32. The molecule has 0 radical (unpaired) electrons. The van der Waals surface area contributed by atoms with Crippen LogP contribution in [0.25, 0.3) is 0 Å². The van der Waals surface area contributed by atoms with E-state index in [0.717, 1.165) is 6.07 Å². The summed E-state index contributed by atoms with van der Waals surface area (Å²) < 4.78 is 13.6. The van der Waals surface area contributed by atoms with E-state index in [2.05, 4.69) is 31.3 Å². The number of carbonyl (C=O) groups is 2. The first-order valence-electron chi connectivity index (χ1n) is 5.81. The number of anilines is 1. The minimum atomic E-state index is -1.35. The SMILES string of the molecule is CC(NC(=O)Nc1c(F)cccc1C(=O)O)c1nn[nH]n1. The van der Waals surface area contributed by atoms with E-state index in [4.69, 9.17) is 5.11 Å². The van der Waals surface area contributed by atoms with Crippen LogP contribution >= 0.6 is 0 Å². The topological polar surface area (TPSA) is 133 Å². The van der Waals surface area contributed by atoms with E-state index >= 15 is 0 Å². The minimum absolute atomic E-state index is 0.233. The number of benzene rings is 1. The van der Waals surface area contributed by atoms with Crippen molar-refractivity contribution in [1.29, 1.82) is 0 Å². The van der Waals surface area contributed by atoms with E-state index in [1.54, 1.807) is 6.92 Å². The molecule has 0 aliphatic rings. The van der Waals surface area contributed by atoms with Crippen LogP contribution in [0.1, 0.15) is 29.1 Å². The number of tetrazole rings is 1. The molecule has 9 nitrogen and oxygen atoms in total. The molecule has 2 amide bonds. The highest BCUT2D eigenvalue weighted by atomic mass is 19.1. The Kier molecular flexibility index (Phi) is 4.07. The molecule has 1 aromatic heterocycles. The number of aromatic carboxylic acids is 1. The van der Waals surface area contributed by atoms with Gasteiger partial charge in [0.1, 0.15) is 5.82 Å². The number of carbonyl (C=O) groups excluding carboxylic acids is 1. The fraction of sp³-hybridized carbons (Fsp3) is 0.182. The molecule has 110 valence electrons. The molecule has 1 heterocycles. The average Bonchev–Trinajstić information content (AvgIpc) is 2.94. The molecule has 2 aromatic rings. The maximum Gasteiger partial charge on any atom is 0.337 e. The van der Waals surface area contributed by atoms with E-state index in [1.165, 1.54) is 12.1 Å². The van der Waals surface area contributed by atoms with Crippen molar-refractivity contribution in [1.82, 2.24) is 25.9 Å². The molecule has 0 saturated carbocycles. The van der Waals surface area contributed by atoms with Gasteiger partial charge in [-0.1, -0.05) is 11.3 Å². The van der Waals surface area contributed by atoms with Crippen molar-refractivity contribution in [3.63, 3.8) is 0 Å². The Balaban J connectivity index is 2.11. The predicted molar refractivity (Wildman–Crippen MR) is 68.1 cm³/mol. The van der Waals surface area contributed by atoms with Crippen molar-refractivity contribution in [2.45, 2.75) is 13.0 Å². The van der Waals surface area contributed by atoms with Gasteiger partial charge in [-0.2, -0.15) is 5.21 Å². The standard InChI is InChI=1S/C11H11FN6O3/c1-5(9-15-17-18-16-9)13-11(21)14-8-6(10(19)20)3-2-4-7(8)12/h2-5H,1H3,(H,19,20)(H2,13,14,21)(H,15,16,17,18). The Morgan fingerprint density at radius 1 is 1.43 bits per heavy atom. The van der Waals surface area contributed by atoms with Gasteiger partial charge >= 0.3 is 12.0 Å². The summed E-state index contributed by atoms with van der Waals surface area (Å²) >= 11 is 0. The summed E-state index contributed by atoms with van der Waals surface area (Å²) in [7, 11) is 0. The number of carboxylic acids is 1. The summed E-state index contributed by atoms with van der Waals surface area (Å²) in [5.74, 6) is -1.97. The number of aromatic amines is 1. The maximum absolute atomic E-state index is 13.6. The van der Waals surface area contributed by atoms with Crippen LogP contribution in [0, 0.1) is 5.82 Å². The van der Waals surface area contributed by atoms with E-state index in [0.29, 0.717) is 0 Å². The third-order valence-electron chi connectivity index (χ3n) is 2.58. The van der Waals surface area contributed by atoms with E-state index < -0.39 is 29.5 Å². The Bertz CT molecular complexity index is 660.